The molecular weight excluding hydrogens is 519 g/mol. The summed E-state index contributed by atoms with van der Waals surface area (Å²) in [5.41, 5.74) is 1.93. The van der Waals surface area contributed by atoms with Gasteiger partial charge in [-0.2, -0.15) is 0 Å². The molecule has 0 spiro atoms. The average Bonchev–Trinajstić information content (AvgIpc) is 2.94. The summed E-state index contributed by atoms with van der Waals surface area (Å²) in [7, 11) is -1.42. The first kappa shape index (κ1) is 26.4. The van der Waals surface area contributed by atoms with Crippen LogP contribution in [0.2, 0.25) is 0 Å². The molecule has 2 aromatic heterocycles. The largest absolute Gasteiger partial charge is 0.377 e. The average molecular weight is 547 g/mol. The molecule has 4 aromatic rings. The third-order valence-electron chi connectivity index (χ3n) is 6.09. The van der Waals surface area contributed by atoms with E-state index in [4.69, 9.17) is 14.7 Å². The number of pyridine rings is 1. The van der Waals surface area contributed by atoms with Gasteiger partial charge < -0.3 is 15.0 Å². The summed E-state index contributed by atoms with van der Waals surface area (Å²) in [5.74, 6) is 1.41. The first-order chi connectivity index (χ1) is 18.9. The highest BCUT2D eigenvalue weighted by Gasteiger charge is 2.22. The second-order valence-corrected chi connectivity index (χ2v) is 10.4. The Labute approximate surface area is 227 Å². The number of nitrogens with one attached hydrogen (secondary N) is 2. The number of aromatic nitrogens is 3. The topological polar surface area (TPSA) is 109 Å². The normalized spacial score (nSPS) is 15.9. The summed E-state index contributed by atoms with van der Waals surface area (Å²) in [6, 6.07) is 19.6. The number of morpholine rings is 1. The minimum absolute atomic E-state index is 0.112. The quantitative estimate of drug-likeness (QED) is 0.341. The van der Waals surface area contributed by atoms with E-state index < -0.39 is 16.8 Å². The number of anilines is 3. The van der Waals surface area contributed by atoms with Crippen molar-refractivity contribution >= 4 is 34.2 Å². The first-order valence-corrected chi connectivity index (χ1v) is 13.7. The van der Waals surface area contributed by atoms with Crippen molar-refractivity contribution in [3.8, 4) is 11.4 Å². The van der Waals surface area contributed by atoms with Crippen molar-refractivity contribution in [1.82, 2.24) is 15.0 Å². The Balaban J connectivity index is 1.38. The molecule has 0 bridgehead atoms. The molecule has 3 heterocycles. The van der Waals surface area contributed by atoms with E-state index in [9.17, 15) is 13.4 Å². The molecule has 2 atom stereocenters. The summed E-state index contributed by atoms with van der Waals surface area (Å²) in [4.78, 5) is 28.6. The Hall–Kier alpha value is -4.22. The van der Waals surface area contributed by atoms with E-state index in [1.807, 2.05) is 18.2 Å². The molecule has 0 radical (unpaired) electrons. The Bertz CT molecular complexity index is 1450. The number of rotatable bonds is 7. The number of nitrogens with zero attached hydrogens (tertiary/aromatic N) is 4. The molecule has 200 valence electrons. The van der Waals surface area contributed by atoms with Gasteiger partial charge in [0.25, 0.3) is 0 Å². The Morgan fingerprint density at radius 3 is 2.59 bits per heavy atom. The number of benzene rings is 2. The minimum atomic E-state index is -1.42. The van der Waals surface area contributed by atoms with Crippen LogP contribution in [0.1, 0.15) is 12.6 Å². The number of carbonyl (C=O) groups excluding carboxylic acids is 1. The van der Waals surface area contributed by atoms with Gasteiger partial charge in [0, 0.05) is 35.0 Å². The van der Waals surface area contributed by atoms with E-state index in [0.717, 1.165) is 11.4 Å². The first-order valence-electron chi connectivity index (χ1n) is 12.4. The lowest BCUT2D eigenvalue weighted by Gasteiger charge is -2.34. The number of amides is 2. The minimum Gasteiger partial charge on any atom is -0.377 e. The van der Waals surface area contributed by atoms with Gasteiger partial charge in [0.05, 0.1) is 41.5 Å². The summed E-state index contributed by atoms with van der Waals surface area (Å²) in [6.45, 7) is 3.90. The summed E-state index contributed by atoms with van der Waals surface area (Å²) in [6.07, 6.45) is 1.60. The molecule has 1 aliphatic heterocycles. The van der Waals surface area contributed by atoms with Crippen LogP contribution in [0.15, 0.2) is 83.9 Å². The third kappa shape index (κ3) is 6.81. The van der Waals surface area contributed by atoms with Gasteiger partial charge in [-0.05, 0) is 67.6 Å². The monoisotopic (exact) mass is 546 g/mol. The molecule has 1 unspecified atom stereocenters. The van der Waals surface area contributed by atoms with Crippen LogP contribution >= 0.6 is 0 Å². The fourth-order valence-corrected chi connectivity index (χ4v) is 5.15. The van der Waals surface area contributed by atoms with E-state index in [1.54, 1.807) is 36.5 Å². The smallest absolute Gasteiger partial charge is 0.324 e. The number of hydrogen-bond donors (Lipinski definition) is 2. The van der Waals surface area contributed by atoms with Crippen LogP contribution in [0.25, 0.3) is 11.4 Å². The van der Waals surface area contributed by atoms with Crippen molar-refractivity contribution in [1.29, 1.82) is 0 Å². The van der Waals surface area contributed by atoms with Gasteiger partial charge in [-0.15, -0.1) is 0 Å². The lowest BCUT2D eigenvalue weighted by molar-refractivity contribution is 0.0985. The van der Waals surface area contributed by atoms with E-state index in [1.165, 1.54) is 24.3 Å². The SMILES string of the molecule is C[C@H]1COCCN1c1cc(CS(=O)c2ccc(F)cc2)nc(-c2ccc(NC(=O)Nc3ccccn3)cc2)n1. The van der Waals surface area contributed by atoms with Crippen molar-refractivity contribution in [2.24, 2.45) is 0 Å². The van der Waals surface area contributed by atoms with Crippen LogP contribution in [0, 0.1) is 5.82 Å². The van der Waals surface area contributed by atoms with Crippen molar-refractivity contribution in [2.45, 2.75) is 23.6 Å². The van der Waals surface area contributed by atoms with Gasteiger partial charge >= 0.3 is 6.03 Å². The number of ether oxygens (including phenoxy) is 1. The maximum Gasteiger partial charge on any atom is 0.324 e. The Kier molecular flexibility index (Phi) is 8.18. The molecule has 1 aliphatic rings. The van der Waals surface area contributed by atoms with Gasteiger partial charge in [-0.25, -0.2) is 24.1 Å². The molecule has 0 saturated carbocycles. The molecule has 2 aromatic carbocycles. The molecule has 1 fully saturated rings. The number of halogens is 1. The molecular formula is C28H27FN6O3S. The summed E-state index contributed by atoms with van der Waals surface area (Å²) in [5, 5.41) is 5.45. The van der Waals surface area contributed by atoms with Crippen molar-refractivity contribution in [2.75, 3.05) is 35.3 Å². The summed E-state index contributed by atoms with van der Waals surface area (Å²) >= 11 is 0. The molecule has 1 saturated heterocycles. The molecule has 9 nitrogen and oxygen atoms in total. The van der Waals surface area contributed by atoms with Gasteiger partial charge in [-0.1, -0.05) is 6.07 Å². The van der Waals surface area contributed by atoms with E-state index in [-0.39, 0.29) is 17.6 Å². The number of carbonyl (C=O) groups is 1. The zero-order valence-corrected chi connectivity index (χ0v) is 22.0. The number of hydrogen-bond acceptors (Lipinski definition) is 7. The van der Waals surface area contributed by atoms with Gasteiger partial charge in [0.1, 0.15) is 17.5 Å². The zero-order chi connectivity index (χ0) is 27.2. The standard InChI is InChI=1S/C28H27FN6O3S/c1-19-17-38-15-14-35(19)26-16-23(18-39(37)24-11-7-21(29)8-12-24)31-27(34-26)20-5-9-22(10-6-20)32-28(36)33-25-4-2-3-13-30-25/h2-13,16,19H,14-15,17-18H2,1H3,(H2,30,32,33,36)/t19-,39?/m0/s1. The molecule has 2 N–H and O–H groups in total. The predicted molar refractivity (Wildman–Crippen MR) is 148 cm³/mol. The van der Waals surface area contributed by atoms with Crippen LogP contribution in [0.4, 0.5) is 26.5 Å². The fourth-order valence-electron chi connectivity index (χ4n) is 4.12. The molecule has 11 heteroatoms. The number of urea groups is 1. The maximum atomic E-state index is 13.3. The predicted octanol–water partition coefficient (Wildman–Crippen LogP) is 4.85. The molecule has 39 heavy (non-hydrogen) atoms. The highest BCUT2D eigenvalue weighted by molar-refractivity contribution is 7.84. The summed E-state index contributed by atoms with van der Waals surface area (Å²) < 4.78 is 32.0. The van der Waals surface area contributed by atoms with Gasteiger partial charge in [-0.3, -0.25) is 9.53 Å². The highest BCUT2D eigenvalue weighted by Crippen LogP contribution is 2.25. The third-order valence-corrected chi connectivity index (χ3v) is 7.45. The van der Waals surface area contributed by atoms with Crippen LogP contribution in [-0.4, -0.2) is 51.0 Å². The van der Waals surface area contributed by atoms with Crippen molar-refractivity contribution in [3.05, 3.63) is 90.5 Å². The van der Waals surface area contributed by atoms with E-state index in [2.05, 4.69) is 27.4 Å². The Morgan fingerprint density at radius 2 is 1.87 bits per heavy atom. The lowest BCUT2D eigenvalue weighted by atomic mass is 10.2. The van der Waals surface area contributed by atoms with Crippen LogP contribution in [0.5, 0.6) is 0 Å². The zero-order valence-electron chi connectivity index (χ0n) is 21.2. The second-order valence-electron chi connectivity index (χ2n) is 8.97. The lowest BCUT2D eigenvalue weighted by Crippen LogP contribution is -2.44. The van der Waals surface area contributed by atoms with Gasteiger partial charge in [0.2, 0.25) is 0 Å². The van der Waals surface area contributed by atoms with Crippen LogP contribution in [-0.2, 0) is 21.3 Å². The van der Waals surface area contributed by atoms with Gasteiger partial charge in [0.15, 0.2) is 5.82 Å². The van der Waals surface area contributed by atoms with Crippen LogP contribution < -0.4 is 15.5 Å². The Morgan fingerprint density at radius 1 is 1.08 bits per heavy atom. The van der Waals surface area contributed by atoms with Crippen LogP contribution in [0.3, 0.4) is 0 Å². The molecule has 2 amide bonds. The van der Waals surface area contributed by atoms with Crippen molar-refractivity contribution in [3.63, 3.8) is 0 Å². The second kappa shape index (κ2) is 12.1. The van der Waals surface area contributed by atoms with E-state index in [0.29, 0.717) is 47.7 Å². The van der Waals surface area contributed by atoms with Crippen molar-refractivity contribution < 1.29 is 18.1 Å². The molecule has 5 rings (SSSR count). The molecule has 0 aliphatic carbocycles. The highest BCUT2D eigenvalue weighted by atomic mass is 32.2. The van der Waals surface area contributed by atoms with E-state index >= 15 is 0 Å². The fraction of sp³-hybridized carbons (Fsp3) is 0.214. The maximum absolute atomic E-state index is 13.3.